The van der Waals surface area contributed by atoms with E-state index < -0.39 is 31.8 Å². The first-order chi connectivity index (χ1) is 13.7. The monoisotopic (exact) mass is 476 g/mol. The van der Waals surface area contributed by atoms with Crippen LogP contribution in [0.4, 0.5) is 15.8 Å². The van der Waals surface area contributed by atoms with E-state index in [1.165, 1.54) is 16.4 Å². The van der Waals surface area contributed by atoms with Crippen molar-refractivity contribution in [2.75, 3.05) is 16.6 Å². The molecular formula is C19H22ClFN2O5S2. The number of hydrogen-bond acceptors (Lipinski definition) is 5. The van der Waals surface area contributed by atoms with Gasteiger partial charge in [-0.3, -0.25) is 4.31 Å². The Balaban J connectivity index is 0.00000256. The zero-order valence-corrected chi connectivity index (χ0v) is 18.4. The van der Waals surface area contributed by atoms with Crippen molar-refractivity contribution in [1.29, 1.82) is 0 Å². The number of halogens is 2. The predicted molar refractivity (Wildman–Crippen MR) is 106 cm³/mol. The minimum absolute atomic E-state index is 0. The van der Waals surface area contributed by atoms with Crippen molar-refractivity contribution in [1.82, 2.24) is 0 Å². The van der Waals surface area contributed by atoms with Crippen LogP contribution in [0.3, 0.4) is 0 Å². The summed E-state index contributed by atoms with van der Waals surface area (Å²) in [4.78, 5) is -0.0504. The van der Waals surface area contributed by atoms with E-state index in [0.717, 1.165) is 12.1 Å². The minimum atomic E-state index is -3.99. The normalized spacial score (nSPS) is 18.9. The molecular weight excluding hydrogens is 455 g/mol. The fourth-order valence-electron chi connectivity index (χ4n) is 3.36. The molecule has 0 spiro atoms. The quantitative estimate of drug-likeness (QED) is 0.553. The van der Waals surface area contributed by atoms with Gasteiger partial charge >= 0.3 is 0 Å². The molecule has 1 heterocycles. The predicted octanol–water partition coefficient (Wildman–Crippen LogP) is -1.37. The van der Waals surface area contributed by atoms with Crippen molar-refractivity contribution < 1.29 is 44.1 Å². The number of rotatable bonds is 6. The van der Waals surface area contributed by atoms with Gasteiger partial charge in [0.05, 0.1) is 28.1 Å². The Hall–Kier alpha value is -1.88. The van der Waals surface area contributed by atoms with Gasteiger partial charge in [-0.25, -0.2) is 21.2 Å². The molecule has 0 saturated heterocycles. The molecule has 0 amide bonds. The molecule has 2 aromatic rings. The SMILES string of the molecule is [Cl-].[NH3+]c1ccc2c(c1)N(S(=O)(=O)c1ccc(F)cc1)C[C@H](CCS(=O)(=O)C1CC1)O2. The molecule has 0 aromatic heterocycles. The van der Waals surface area contributed by atoms with Gasteiger partial charge in [0.2, 0.25) is 0 Å². The number of hydrogen-bond donors (Lipinski definition) is 1. The van der Waals surface area contributed by atoms with E-state index >= 15 is 0 Å². The van der Waals surface area contributed by atoms with Crippen LogP contribution in [-0.2, 0) is 19.9 Å². The van der Waals surface area contributed by atoms with Gasteiger partial charge in [-0.1, -0.05) is 0 Å². The second-order valence-corrected chi connectivity index (χ2v) is 11.6. The lowest BCUT2D eigenvalue weighted by molar-refractivity contribution is -0.254. The second-order valence-electron chi connectivity index (χ2n) is 7.39. The number of sulfonamides is 1. The van der Waals surface area contributed by atoms with E-state index in [-0.39, 0.29) is 41.3 Å². The number of anilines is 1. The third kappa shape index (κ3) is 4.56. The minimum Gasteiger partial charge on any atom is -1.00 e. The first-order valence-corrected chi connectivity index (χ1v) is 12.4. The molecule has 3 N–H and O–H groups in total. The molecule has 1 atom stereocenters. The largest absolute Gasteiger partial charge is 1.00 e. The van der Waals surface area contributed by atoms with Gasteiger partial charge in [-0.15, -0.1) is 0 Å². The van der Waals surface area contributed by atoms with E-state index in [1.807, 2.05) is 0 Å². The third-order valence-electron chi connectivity index (χ3n) is 5.11. The highest BCUT2D eigenvalue weighted by molar-refractivity contribution is 7.93. The molecule has 2 aromatic carbocycles. The molecule has 7 nitrogen and oxygen atoms in total. The van der Waals surface area contributed by atoms with Gasteiger partial charge in [0.15, 0.2) is 9.84 Å². The first kappa shape index (κ1) is 22.8. The first-order valence-electron chi connectivity index (χ1n) is 9.29. The van der Waals surface area contributed by atoms with Gasteiger partial charge in [0.1, 0.15) is 23.4 Å². The number of fused-ring (bicyclic) bond motifs is 1. The van der Waals surface area contributed by atoms with Crippen LogP contribution in [0.2, 0.25) is 0 Å². The van der Waals surface area contributed by atoms with Gasteiger partial charge in [0.25, 0.3) is 10.0 Å². The van der Waals surface area contributed by atoms with E-state index in [9.17, 15) is 21.2 Å². The van der Waals surface area contributed by atoms with Gasteiger partial charge < -0.3 is 22.9 Å². The van der Waals surface area contributed by atoms with Gasteiger partial charge in [-0.2, -0.15) is 0 Å². The molecule has 0 radical (unpaired) electrons. The highest BCUT2D eigenvalue weighted by atomic mass is 35.5. The smallest absolute Gasteiger partial charge is 0.264 e. The van der Waals surface area contributed by atoms with Crippen LogP contribution in [-0.4, -0.2) is 40.5 Å². The summed E-state index contributed by atoms with van der Waals surface area (Å²) in [6.07, 6.45) is 0.962. The molecule has 1 saturated carbocycles. The summed E-state index contributed by atoms with van der Waals surface area (Å²) in [5, 5.41) is -0.272. The van der Waals surface area contributed by atoms with Crippen LogP contribution >= 0.6 is 0 Å². The van der Waals surface area contributed by atoms with Crippen molar-refractivity contribution in [3.8, 4) is 5.75 Å². The third-order valence-corrected chi connectivity index (χ3v) is 9.20. The molecule has 1 aliphatic carbocycles. The van der Waals surface area contributed by atoms with Crippen LogP contribution in [0.5, 0.6) is 5.75 Å². The number of ether oxygens (including phenoxy) is 1. The van der Waals surface area contributed by atoms with Crippen LogP contribution in [0.25, 0.3) is 0 Å². The lowest BCUT2D eigenvalue weighted by atomic mass is 10.2. The summed E-state index contributed by atoms with van der Waals surface area (Å²) in [6.45, 7) is -0.0314. The van der Waals surface area contributed by atoms with E-state index in [2.05, 4.69) is 5.73 Å². The summed E-state index contributed by atoms with van der Waals surface area (Å²) < 4.78 is 71.3. The maximum atomic E-state index is 13.3. The molecule has 11 heteroatoms. The lowest BCUT2D eigenvalue weighted by Gasteiger charge is -2.35. The molecule has 4 rings (SSSR count). The standard InChI is InChI=1S/C19H21FN2O5S2.ClH/c20-13-1-4-17(5-2-13)29(25,26)22-12-15(9-10-28(23,24)16-6-7-16)27-19-8-3-14(21)11-18(19)22;/h1-5,8,11,15-16H,6-7,9-10,12,21H2;1H/t15-;/m0./s1. The number of nitrogens with zero attached hydrogens (tertiary/aromatic N) is 1. The lowest BCUT2D eigenvalue weighted by Crippen LogP contribution is -3.00. The summed E-state index contributed by atoms with van der Waals surface area (Å²) in [5.41, 5.74) is 4.79. The Kier molecular flexibility index (Phi) is 6.33. The maximum Gasteiger partial charge on any atom is 0.264 e. The highest BCUT2D eigenvalue weighted by Gasteiger charge is 2.38. The Bertz CT molecular complexity index is 1140. The Morgan fingerprint density at radius 1 is 1.07 bits per heavy atom. The summed E-state index contributed by atoms with van der Waals surface area (Å²) >= 11 is 0. The van der Waals surface area contributed by atoms with Gasteiger partial charge in [0, 0.05) is 12.1 Å². The van der Waals surface area contributed by atoms with E-state index in [4.69, 9.17) is 4.74 Å². The number of benzene rings is 2. The van der Waals surface area contributed by atoms with Crippen molar-refractivity contribution >= 4 is 31.2 Å². The molecule has 2 aliphatic rings. The number of sulfone groups is 1. The van der Waals surface area contributed by atoms with Crippen molar-refractivity contribution in [3.05, 3.63) is 48.3 Å². The molecule has 30 heavy (non-hydrogen) atoms. The zero-order chi connectivity index (χ0) is 20.8. The van der Waals surface area contributed by atoms with Crippen molar-refractivity contribution in [2.24, 2.45) is 0 Å². The Morgan fingerprint density at radius 3 is 2.37 bits per heavy atom. The highest BCUT2D eigenvalue weighted by Crippen LogP contribution is 2.39. The van der Waals surface area contributed by atoms with Gasteiger partial charge in [-0.05, 0) is 49.6 Å². The Labute approximate surface area is 181 Å². The van der Waals surface area contributed by atoms with Crippen molar-refractivity contribution in [2.45, 2.75) is 35.5 Å². The molecule has 1 aliphatic heterocycles. The molecule has 0 bridgehead atoms. The zero-order valence-electron chi connectivity index (χ0n) is 16.0. The van der Waals surface area contributed by atoms with Crippen LogP contribution < -0.4 is 27.2 Å². The second kappa shape index (κ2) is 8.33. The summed E-state index contributed by atoms with van der Waals surface area (Å²) in [7, 11) is -7.17. The molecule has 1 fully saturated rings. The van der Waals surface area contributed by atoms with Crippen LogP contribution in [0, 0.1) is 5.82 Å². The molecule has 164 valence electrons. The maximum absolute atomic E-state index is 13.3. The topological polar surface area (TPSA) is 108 Å². The average molecular weight is 477 g/mol. The fraction of sp³-hybridized carbons (Fsp3) is 0.368. The summed E-state index contributed by atoms with van der Waals surface area (Å²) in [5.74, 6) is -0.229. The fourth-order valence-corrected chi connectivity index (χ4v) is 6.64. The van der Waals surface area contributed by atoms with Crippen molar-refractivity contribution in [3.63, 3.8) is 0 Å². The van der Waals surface area contributed by atoms with E-state index in [0.29, 0.717) is 30.0 Å². The average Bonchev–Trinajstić information content (AvgIpc) is 3.52. The summed E-state index contributed by atoms with van der Waals surface area (Å²) in [6, 6.07) is 9.53. The van der Waals surface area contributed by atoms with Crippen LogP contribution in [0.1, 0.15) is 19.3 Å². The Morgan fingerprint density at radius 2 is 1.73 bits per heavy atom. The van der Waals surface area contributed by atoms with Crippen LogP contribution in [0.15, 0.2) is 47.4 Å². The number of quaternary nitrogens is 1. The molecule has 0 unspecified atom stereocenters. The van der Waals surface area contributed by atoms with E-state index in [1.54, 1.807) is 18.2 Å².